The number of hydrogen-bond donors (Lipinski definition) is 1. The molecule has 4 aromatic rings. The lowest BCUT2D eigenvalue weighted by molar-refractivity contribution is -0.133. The Balaban J connectivity index is 1.91. The molecule has 128 valence electrons. The summed E-state index contributed by atoms with van der Waals surface area (Å²) in [5.74, 6) is -0.718. The molecule has 0 aliphatic carbocycles. The number of aliphatic carboxylic acids is 1. The van der Waals surface area contributed by atoms with Crippen molar-refractivity contribution in [1.29, 1.82) is 0 Å². The fourth-order valence-corrected chi connectivity index (χ4v) is 3.12. The number of hydrogen-bond acceptors (Lipinski definition) is 6. The van der Waals surface area contributed by atoms with Gasteiger partial charge in [0.1, 0.15) is 11.4 Å². The van der Waals surface area contributed by atoms with Crippen LogP contribution >= 0.6 is 11.8 Å². The van der Waals surface area contributed by atoms with Gasteiger partial charge in [0.2, 0.25) is 5.16 Å². The highest BCUT2D eigenvalue weighted by molar-refractivity contribution is 7.99. The van der Waals surface area contributed by atoms with Crippen LogP contribution in [0.1, 0.15) is 0 Å². The second kappa shape index (κ2) is 6.93. The van der Waals surface area contributed by atoms with Crippen LogP contribution in [0.4, 0.5) is 0 Å². The van der Waals surface area contributed by atoms with E-state index in [1.165, 1.54) is 4.52 Å². The van der Waals surface area contributed by atoms with Crippen LogP contribution in [0.2, 0.25) is 0 Å². The maximum Gasteiger partial charge on any atom is 0.313 e. The molecule has 1 N–H and O–H groups in total. The minimum absolute atomic E-state index is 0.121. The smallest absolute Gasteiger partial charge is 0.313 e. The van der Waals surface area contributed by atoms with Crippen molar-refractivity contribution in [3.8, 4) is 22.5 Å². The zero-order chi connectivity index (χ0) is 17.9. The fourth-order valence-electron chi connectivity index (χ4n) is 2.52. The standard InChI is InChI=1S/C18H13N5O2S/c24-14(25)11-26-18-21-20-17-19-15(12-7-3-1-4-8-12)16(22-23(17)18)13-9-5-2-6-10-13/h1-10H,11H2,(H,24,25). The molecule has 2 heterocycles. The van der Waals surface area contributed by atoms with Crippen LogP contribution in [0, 0.1) is 0 Å². The number of aromatic nitrogens is 5. The maximum absolute atomic E-state index is 10.8. The van der Waals surface area contributed by atoms with Crippen molar-refractivity contribution in [3.63, 3.8) is 0 Å². The third-order valence-electron chi connectivity index (χ3n) is 3.65. The molecule has 0 aliphatic heterocycles. The molecule has 0 atom stereocenters. The van der Waals surface area contributed by atoms with E-state index in [9.17, 15) is 4.79 Å². The molecule has 2 aromatic carbocycles. The summed E-state index contributed by atoms with van der Waals surface area (Å²) >= 11 is 1.06. The van der Waals surface area contributed by atoms with Gasteiger partial charge in [-0.15, -0.1) is 10.2 Å². The number of rotatable bonds is 5. The first-order valence-electron chi connectivity index (χ1n) is 7.81. The van der Waals surface area contributed by atoms with Gasteiger partial charge < -0.3 is 5.11 Å². The van der Waals surface area contributed by atoms with Gasteiger partial charge in [0.15, 0.2) is 0 Å². The Hall–Kier alpha value is -3.26. The molecule has 4 rings (SSSR count). The number of fused-ring (bicyclic) bond motifs is 1. The van der Waals surface area contributed by atoms with Gasteiger partial charge in [-0.05, 0) is 0 Å². The van der Waals surface area contributed by atoms with Crippen LogP contribution in [0.3, 0.4) is 0 Å². The lowest BCUT2D eigenvalue weighted by Gasteiger charge is -2.09. The summed E-state index contributed by atoms with van der Waals surface area (Å²) in [4.78, 5) is 15.5. The topological polar surface area (TPSA) is 93.3 Å². The van der Waals surface area contributed by atoms with Crippen LogP contribution in [0.25, 0.3) is 28.3 Å². The number of thioether (sulfide) groups is 1. The van der Waals surface area contributed by atoms with Crippen LogP contribution < -0.4 is 0 Å². The normalized spacial score (nSPS) is 10.9. The zero-order valence-corrected chi connectivity index (χ0v) is 14.3. The van der Waals surface area contributed by atoms with Crippen LogP contribution in [-0.4, -0.2) is 41.6 Å². The predicted octanol–water partition coefficient (Wildman–Crippen LogP) is 3.03. The third-order valence-corrected chi connectivity index (χ3v) is 4.55. The lowest BCUT2D eigenvalue weighted by atomic mass is 10.0. The van der Waals surface area contributed by atoms with Crippen molar-refractivity contribution in [2.75, 3.05) is 5.75 Å². The van der Waals surface area contributed by atoms with E-state index in [2.05, 4.69) is 20.3 Å². The van der Waals surface area contributed by atoms with E-state index in [0.29, 0.717) is 22.3 Å². The van der Waals surface area contributed by atoms with E-state index in [4.69, 9.17) is 5.11 Å². The Bertz CT molecular complexity index is 1070. The van der Waals surface area contributed by atoms with Crippen LogP contribution in [0.15, 0.2) is 65.8 Å². The van der Waals surface area contributed by atoms with E-state index in [-0.39, 0.29) is 5.75 Å². The molecular formula is C18H13N5O2S. The summed E-state index contributed by atoms with van der Waals surface area (Å²) in [5.41, 5.74) is 3.21. The lowest BCUT2D eigenvalue weighted by Crippen LogP contribution is -2.04. The summed E-state index contributed by atoms with van der Waals surface area (Å²) in [5, 5.41) is 22.0. The molecule has 0 aliphatic rings. The van der Waals surface area contributed by atoms with Gasteiger partial charge in [0, 0.05) is 11.1 Å². The summed E-state index contributed by atoms with van der Waals surface area (Å²) in [6.45, 7) is 0. The third kappa shape index (κ3) is 3.14. The van der Waals surface area contributed by atoms with E-state index >= 15 is 0 Å². The monoisotopic (exact) mass is 363 g/mol. The molecule has 0 saturated heterocycles. The highest BCUT2D eigenvalue weighted by Crippen LogP contribution is 2.29. The van der Waals surface area contributed by atoms with Crippen molar-refractivity contribution in [3.05, 3.63) is 60.7 Å². The van der Waals surface area contributed by atoms with Crippen LogP contribution in [0.5, 0.6) is 0 Å². The van der Waals surface area contributed by atoms with Crippen LogP contribution in [-0.2, 0) is 4.79 Å². The summed E-state index contributed by atoms with van der Waals surface area (Å²) < 4.78 is 1.49. The van der Waals surface area contributed by atoms with E-state index in [0.717, 1.165) is 22.9 Å². The van der Waals surface area contributed by atoms with Gasteiger partial charge in [-0.1, -0.05) is 72.4 Å². The Morgan fingerprint density at radius 2 is 1.54 bits per heavy atom. The number of carboxylic acid groups (broad SMARTS) is 1. The quantitative estimate of drug-likeness (QED) is 0.545. The van der Waals surface area contributed by atoms with Gasteiger partial charge in [0.05, 0.1) is 5.75 Å². The fraction of sp³-hybridized carbons (Fsp3) is 0.0556. The first-order valence-corrected chi connectivity index (χ1v) is 8.80. The molecule has 0 unspecified atom stereocenters. The van der Waals surface area contributed by atoms with E-state index in [1.54, 1.807) is 0 Å². The maximum atomic E-state index is 10.8. The van der Waals surface area contributed by atoms with Gasteiger partial charge in [-0.3, -0.25) is 4.79 Å². The molecule has 0 fully saturated rings. The van der Waals surface area contributed by atoms with Gasteiger partial charge in [0.25, 0.3) is 5.78 Å². The minimum atomic E-state index is -0.927. The molecule has 2 aromatic heterocycles. The van der Waals surface area contributed by atoms with Crippen molar-refractivity contribution < 1.29 is 9.90 Å². The van der Waals surface area contributed by atoms with Gasteiger partial charge in [-0.2, -0.15) is 9.61 Å². The van der Waals surface area contributed by atoms with Crippen molar-refractivity contribution in [2.45, 2.75) is 5.16 Å². The predicted molar refractivity (Wildman–Crippen MR) is 97.8 cm³/mol. The molecule has 0 saturated carbocycles. The number of carboxylic acids is 1. The average molecular weight is 363 g/mol. The molecular weight excluding hydrogens is 350 g/mol. The highest BCUT2D eigenvalue weighted by Gasteiger charge is 2.17. The minimum Gasteiger partial charge on any atom is -0.481 e. The number of benzene rings is 2. The molecule has 7 nitrogen and oxygen atoms in total. The Morgan fingerprint density at radius 1 is 0.923 bits per heavy atom. The second-order valence-corrected chi connectivity index (χ2v) is 6.36. The Labute approximate surface area is 152 Å². The van der Waals surface area contributed by atoms with Crippen molar-refractivity contribution >= 4 is 23.5 Å². The van der Waals surface area contributed by atoms with Crippen molar-refractivity contribution in [1.82, 2.24) is 24.8 Å². The van der Waals surface area contributed by atoms with E-state index < -0.39 is 5.97 Å². The Kier molecular flexibility index (Phi) is 4.32. The zero-order valence-electron chi connectivity index (χ0n) is 13.5. The SMILES string of the molecule is O=C(O)CSc1nnc2nc(-c3ccccc3)c(-c3ccccc3)nn12. The summed E-state index contributed by atoms with van der Waals surface area (Å²) in [7, 11) is 0. The molecule has 0 spiro atoms. The van der Waals surface area contributed by atoms with Gasteiger partial charge in [-0.25, -0.2) is 4.98 Å². The van der Waals surface area contributed by atoms with Crippen molar-refractivity contribution in [2.24, 2.45) is 0 Å². The molecule has 0 amide bonds. The first kappa shape index (κ1) is 16.2. The largest absolute Gasteiger partial charge is 0.481 e. The second-order valence-electron chi connectivity index (χ2n) is 5.42. The summed E-state index contributed by atoms with van der Waals surface area (Å²) in [6, 6.07) is 19.5. The first-order chi connectivity index (χ1) is 12.7. The molecule has 8 heteroatoms. The molecule has 0 bridgehead atoms. The highest BCUT2D eigenvalue weighted by atomic mass is 32.2. The molecule has 26 heavy (non-hydrogen) atoms. The van der Waals surface area contributed by atoms with Gasteiger partial charge >= 0.3 is 5.97 Å². The Morgan fingerprint density at radius 3 is 2.15 bits per heavy atom. The summed E-state index contributed by atoms with van der Waals surface area (Å²) in [6.07, 6.45) is 0. The molecule has 0 radical (unpaired) electrons. The number of carbonyl (C=O) groups is 1. The average Bonchev–Trinajstić information content (AvgIpc) is 3.09. The van der Waals surface area contributed by atoms with E-state index in [1.807, 2.05) is 60.7 Å². The number of nitrogens with zero attached hydrogens (tertiary/aromatic N) is 5.